The van der Waals surface area contributed by atoms with Gasteiger partial charge in [0.15, 0.2) is 11.5 Å². The molecule has 0 amide bonds. The molecule has 4 heteroatoms. The second-order valence-electron chi connectivity index (χ2n) is 2.85. The maximum absolute atomic E-state index is 9.46. The van der Waals surface area contributed by atoms with E-state index < -0.39 is 0 Å². The summed E-state index contributed by atoms with van der Waals surface area (Å²) in [7, 11) is 3.37. The van der Waals surface area contributed by atoms with Crippen LogP contribution in [0.5, 0.6) is 11.5 Å². The SMILES string of the molecule is COc1cc2c(cnn2C)cc1O. The molecule has 13 heavy (non-hydrogen) atoms. The van der Waals surface area contributed by atoms with Crippen LogP contribution in [0.2, 0.25) is 0 Å². The molecule has 0 saturated carbocycles. The molecule has 68 valence electrons. The number of phenolic OH excluding ortho intramolecular Hbond substituents is 1. The van der Waals surface area contributed by atoms with Crippen molar-refractivity contribution in [3.8, 4) is 11.5 Å². The van der Waals surface area contributed by atoms with Gasteiger partial charge in [0.05, 0.1) is 18.8 Å². The maximum Gasteiger partial charge on any atom is 0.162 e. The largest absolute Gasteiger partial charge is 0.504 e. The van der Waals surface area contributed by atoms with E-state index in [1.807, 2.05) is 7.05 Å². The summed E-state index contributed by atoms with van der Waals surface area (Å²) < 4.78 is 6.72. The molecule has 1 N–H and O–H groups in total. The normalized spacial score (nSPS) is 10.6. The molecule has 0 spiro atoms. The zero-order valence-corrected chi connectivity index (χ0v) is 7.48. The second-order valence-corrected chi connectivity index (χ2v) is 2.85. The van der Waals surface area contributed by atoms with E-state index in [4.69, 9.17) is 4.74 Å². The molecule has 0 saturated heterocycles. The molecule has 2 rings (SSSR count). The first-order chi connectivity index (χ1) is 6.22. The van der Waals surface area contributed by atoms with E-state index in [1.165, 1.54) is 7.11 Å². The average molecular weight is 178 g/mol. The molecule has 2 aromatic rings. The monoisotopic (exact) mass is 178 g/mol. The van der Waals surface area contributed by atoms with E-state index in [-0.39, 0.29) is 5.75 Å². The third kappa shape index (κ3) is 1.11. The lowest BCUT2D eigenvalue weighted by Crippen LogP contribution is -1.90. The fourth-order valence-corrected chi connectivity index (χ4v) is 1.33. The van der Waals surface area contributed by atoms with Gasteiger partial charge < -0.3 is 9.84 Å². The van der Waals surface area contributed by atoms with Crippen molar-refractivity contribution in [3.63, 3.8) is 0 Å². The fourth-order valence-electron chi connectivity index (χ4n) is 1.33. The van der Waals surface area contributed by atoms with Crippen LogP contribution < -0.4 is 4.74 Å². The third-order valence-corrected chi connectivity index (χ3v) is 2.05. The third-order valence-electron chi connectivity index (χ3n) is 2.05. The predicted molar refractivity (Wildman–Crippen MR) is 48.9 cm³/mol. The minimum atomic E-state index is 0.142. The maximum atomic E-state index is 9.46. The zero-order valence-electron chi connectivity index (χ0n) is 7.48. The Morgan fingerprint density at radius 2 is 2.23 bits per heavy atom. The van der Waals surface area contributed by atoms with E-state index in [0.29, 0.717) is 5.75 Å². The van der Waals surface area contributed by atoms with Crippen molar-refractivity contribution >= 4 is 10.9 Å². The lowest BCUT2D eigenvalue weighted by Gasteiger charge is -2.03. The van der Waals surface area contributed by atoms with Gasteiger partial charge >= 0.3 is 0 Å². The van der Waals surface area contributed by atoms with Gasteiger partial charge in [-0.2, -0.15) is 5.10 Å². The molecule has 1 aromatic heterocycles. The van der Waals surface area contributed by atoms with Crippen LogP contribution in [0.25, 0.3) is 10.9 Å². The summed E-state index contributed by atoms with van der Waals surface area (Å²) in [5.74, 6) is 0.610. The Morgan fingerprint density at radius 3 is 2.92 bits per heavy atom. The smallest absolute Gasteiger partial charge is 0.162 e. The van der Waals surface area contributed by atoms with Crippen molar-refractivity contribution in [3.05, 3.63) is 18.3 Å². The number of hydrogen-bond donors (Lipinski definition) is 1. The van der Waals surface area contributed by atoms with Gasteiger partial charge in [-0.25, -0.2) is 0 Å². The van der Waals surface area contributed by atoms with Crippen LogP contribution in [-0.4, -0.2) is 22.0 Å². The van der Waals surface area contributed by atoms with Gasteiger partial charge in [0.2, 0.25) is 0 Å². The molecular weight excluding hydrogens is 168 g/mol. The second kappa shape index (κ2) is 2.65. The van der Waals surface area contributed by atoms with E-state index in [9.17, 15) is 5.11 Å². The van der Waals surface area contributed by atoms with E-state index in [2.05, 4.69) is 5.10 Å². The van der Waals surface area contributed by atoms with E-state index in [1.54, 1.807) is 23.0 Å². The number of hydrogen-bond acceptors (Lipinski definition) is 3. The fraction of sp³-hybridized carbons (Fsp3) is 0.222. The van der Waals surface area contributed by atoms with Crippen LogP contribution in [0, 0.1) is 0 Å². The first-order valence-corrected chi connectivity index (χ1v) is 3.91. The van der Waals surface area contributed by atoms with Crippen LogP contribution in [-0.2, 0) is 7.05 Å². The minimum Gasteiger partial charge on any atom is -0.504 e. The molecule has 1 aromatic carbocycles. The lowest BCUT2D eigenvalue weighted by atomic mass is 10.2. The molecule has 0 aliphatic heterocycles. The summed E-state index contributed by atoms with van der Waals surface area (Å²) in [5.41, 5.74) is 0.939. The number of nitrogens with zero attached hydrogens (tertiary/aromatic N) is 2. The summed E-state index contributed by atoms with van der Waals surface area (Å²) in [5, 5.41) is 14.4. The molecular formula is C9H10N2O2. The van der Waals surface area contributed by atoms with Gasteiger partial charge in [0.25, 0.3) is 0 Å². The van der Waals surface area contributed by atoms with Crippen molar-refractivity contribution in [1.82, 2.24) is 9.78 Å². The molecule has 0 bridgehead atoms. The summed E-state index contributed by atoms with van der Waals surface area (Å²) in [6.45, 7) is 0. The van der Waals surface area contributed by atoms with Crippen molar-refractivity contribution in [2.45, 2.75) is 0 Å². The predicted octanol–water partition coefficient (Wildman–Crippen LogP) is 1.29. The molecule has 0 unspecified atom stereocenters. The number of aryl methyl sites for hydroxylation is 1. The number of phenols is 1. The zero-order chi connectivity index (χ0) is 9.42. The summed E-state index contributed by atoms with van der Waals surface area (Å²) in [6.07, 6.45) is 1.70. The molecule has 0 radical (unpaired) electrons. The lowest BCUT2D eigenvalue weighted by molar-refractivity contribution is 0.374. The number of ether oxygens (including phenoxy) is 1. The van der Waals surface area contributed by atoms with E-state index >= 15 is 0 Å². The first-order valence-electron chi connectivity index (χ1n) is 3.91. The summed E-state index contributed by atoms with van der Waals surface area (Å²) >= 11 is 0. The minimum absolute atomic E-state index is 0.142. The summed E-state index contributed by atoms with van der Waals surface area (Å²) in [6, 6.07) is 3.40. The van der Waals surface area contributed by atoms with E-state index in [0.717, 1.165) is 10.9 Å². The number of fused-ring (bicyclic) bond motifs is 1. The van der Waals surface area contributed by atoms with Crippen molar-refractivity contribution in [2.75, 3.05) is 7.11 Å². The Hall–Kier alpha value is -1.71. The number of benzene rings is 1. The Kier molecular flexibility index (Phi) is 1.62. The molecule has 1 heterocycles. The quantitative estimate of drug-likeness (QED) is 0.715. The molecule has 0 aliphatic rings. The highest BCUT2D eigenvalue weighted by Gasteiger charge is 2.06. The van der Waals surface area contributed by atoms with Crippen LogP contribution in [0.15, 0.2) is 18.3 Å². The van der Waals surface area contributed by atoms with Gasteiger partial charge in [-0.05, 0) is 6.07 Å². The van der Waals surface area contributed by atoms with Gasteiger partial charge in [-0.3, -0.25) is 4.68 Å². The average Bonchev–Trinajstić information content (AvgIpc) is 2.46. The first kappa shape index (κ1) is 7.91. The molecule has 0 atom stereocenters. The molecule has 4 nitrogen and oxygen atoms in total. The van der Waals surface area contributed by atoms with Gasteiger partial charge in [-0.15, -0.1) is 0 Å². The van der Waals surface area contributed by atoms with Gasteiger partial charge in [0.1, 0.15) is 0 Å². The standard InChI is InChI=1S/C9H10N2O2/c1-11-7-4-9(13-2)8(12)3-6(7)5-10-11/h3-5,12H,1-2H3. The topological polar surface area (TPSA) is 47.3 Å². The molecule has 0 aliphatic carbocycles. The van der Waals surface area contributed by atoms with Crippen molar-refractivity contribution in [1.29, 1.82) is 0 Å². The Labute approximate surface area is 75.4 Å². The van der Waals surface area contributed by atoms with Crippen molar-refractivity contribution < 1.29 is 9.84 Å². The van der Waals surface area contributed by atoms with Crippen LogP contribution in [0.1, 0.15) is 0 Å². The Balaban J connectivity index is 2.77. The Morgan fingerprint density at radius 1 is 1.46 bits per heavy atom. The number of aromatic nitrogens is 2. The van der Waals surface area contributed by atoms with Gasteiger partial charge in [0, 0.05) is 18.5 Å². The number of aromatic hydroxyl groups is 1. The number of rotatable bonds is 1. The summed E-state index contributed by atoms with van der Waals surface area (Å²) in [4.78, 5) is 0. The molecule has 0 fully saturated rings. The Bertz CT molecular complexity index is 448. The highest BCUT2D eigenvalue weighted by atomic mass is 16.5. The highest BCUT2D eigenvalue weighted by Crippen LogP contribution is 2.30. The van der Waals surface area contributed by atoms with Crippen LogP contribution >= 0.6 is 0 Å². The van der Waals surface area contributed by atoms with Crippen molar-refractivity contribution in [2.24, 2.45) is 7.05 Å². The van der Waals surface area contributed by atoms with Crippen LogP contribution in [0.4, 0.5) is 0 Å². The van der Waals surface area contributed by atoms with Crippen LogP contribution in [0.3, 0.4) is 0 Å². The number of methoxy groups -OCH3 is 1. The van der Waals surface area contributed by atoms with Gasteiger partial charge in [-0.1, -0.05) is 0 Å². The highest BCUT2D eigenvalue weighted by molar-refractivity contribution is 5.82.